The molecule has 214 valence electrons. The summed E-state index contributed by atoms with van der Waals surface area (Å²) in [5.41, 5.74) is 10.3. The van der Waals surface area contributed by atoms with Crippen LogP contribution in [-0.4, -0.2) is 23.1 Å². The van der Waals surface area contributed by atoms with E-state index in [2.05, 4.69) is 50.6 Å². The zero-order valence-electron chi connectivity index (χ0n) is 23.9. The van der Waals surface area contributed by atoms with Crippen molar-refractivity contribution in [2.45, 2.75) is 53.4 Å². The van der Waals surface area contributed by atoms with E-state index in [1.165, 1.54) is 17.9 Å². The minimum absolute atomic E-state index is 0.132. The summed E-state index contributed by atoms with van der Waals surface area (Å²) in [6.45, 7) is 12.3. The SMILES string of the molecule is C=CN1C=C(c2c(F)ccc(N)c2F)N=C\C1=C(/C(C)=N\C(=C/CCC)Cc1ccccc1)C(C)CC.CSF. The van der Waals surface area contributed by atoms with Crippen molar-refractivity contribution in [2.75, 3.05) is 12.0 Å². The first kappa shape index (κ1) is 32.7. The molecular weight excluding hydrogens is 529 g/mol. The predicted octanol–water partition coefficient (Wildman–Crippen LogP) is 9.30. The van der Waals surface area contributed by atoms with Crippen molar-refractivity contribution in [1.29, 1.82) is 0 Å². The van der Waals surface area contributed by atoms with Gasteiger partial charge in [0.25, 0.3) is 0 Å². The Kier molecular flexibility index (Phi) is 13.5. The van der Waals surface area contributed by atoms with E-state index < -0.39 is 11.6 Å². The fourth-order valence-electron chi connectivity index (χ4n) is 4.27. The van der Waals surface area contributed by atoms with Crippen LogP contribution in [0, 0.1) is 17.6 Å². The highest BCUT2D eigenvalue weighted by Gasteiger charge is 2.24. The molecule has 2 N–H and O–H groups in total. The molecule has 0 saturated carbocycles. The van der Waals surface area contributed by atoms with Crippen LogP contribution in [0.25, 0.3) is 5.70 Å². The maximum atomic E-state index is 14.7. The van der Waals surface area contributed by atoms with Crippen LogP contribution in [0.1, 0.15) is 58.1 Å². The number of rotatable bonds is 10. The van der Waals surface area contributed by atoms with Crippen LogP contribution in [0.4, 0.5) is 18.4 Å². The third-order valence-electron chi connectivity index (χ3n) is 6.42. The van der Waals surface area contributed by atoms with Crippen LogP contribution in [0.2, 0.25) is 0 Å². The van der Waals surface area contributed by atoms with E-state index in [-0.39, 0.29) is 35.0 Å². The zero-order chi connectivity index (χ0) is 29.7. The summed E-state index contributed by atoms with van der Waals surface area (Å²) in [5, 5.41) is 0. The van der Waals surface area contributed by atoms with Gasteiger partial charge in [0.05, 0.1) is 28.9 Å². The highest BCUT2D eigenvalue weighted by atomic mass is 32.2. The summed E-state index contributed by atoms with van der Waals surface area (Å²) in [6, 6.07) is 12.6. The third kappa shape index (κ3) is 8.74. The minimum Gasteiger partial charge on any atom is -0.396 e. The van der Waals surface area contributed by atoms with Gasteiger partial charge in [-0.3, -0.25) is 9.98 Å². The van der Waals surface area contributed by atoms with Gasteiger partial charge in [-0.15, -0.1) is 0 Å². The number of nitrogen functional groups attached to an aromatic ring is 1. The average molecular weight is 569 g/mol. The Morgan fingerprint density at radius 3 is 2.45 bits per heavy atom. The van der Waals surface area contributed by atoms with Gasteiger partial charge in [-0.05, 0) is 43.4 Å². The largest absolute Gasteiger partial charge is 0.396 e. The molecule has 1 aliphatic rings. The van der Waals surface area contributed by atoms with Crippen molar-refractivity contribution >= 4 is 35.5 Å². The molecule has 4 nitrogen and oxygen atoms in total. The maximum absolute atomic E-state index is 14.7. The molecule has 1 aliphatic heterocycles. The van der Waals surface area contributed by atoms with Crippen LogP contribution in [0.5, 0.6) is 0 Å². The molecule has 0 saturated heterocycles. The van der Waals surface area contributed by atoms with Crippen molar-refractivity contribution in [3.05, 3.63) is 107 Å². The third-order valence-corrected chi connectivity index (χ3v) is 6.42. The van der Waals surface area contributed by atoms with E-state index in [4.69, 9.17) is 10.7 Å². The zero-order valence-corrected chi connectivity index (χ0v) is 24.7. The number of unbranched alkanes of at least 4 members (excludes halogenated alkanes) is 1. The number of hydrogen-bond acceptors (Lipinski definition) is 5. The van der Waals surface area contributed by atoms with Gasteiger partial charge in [-0.2, -0.15) is 3.89 Å². The number of aliphatic imine (C=N–C) groups is 2. The van der Waals surface area contributed by atoms with E-state index in [1.807, 2.05) is 25.1 Å². The fraction of sp³-hybridized carbons (Fsp3) is 0.312. The number of hydrogen-bond donors (Lipinski definition) is 1. The van der Waals surface area contributed by atoms with Crippen molar-refractivity contribution in [2.24, 2.45) is 15.9 Å². The van der Waals surface area contributed by atoms with E-state index in [0.29, 0.717) is 0 Å². The average Bonchev–Trinajstić information content (AvgIpc) is 2.95. The van der Waals surface area contributed by atoms with E-state index in [9.17, 15) is 12.7 Å². The molecular formula is C32H39F3N4S. The molecule has 1 heterocycles. The molecule has 2 aromatic carbocycles. The van der Waals surface area contributed by atoms with Gasteiger partial charge < -0.3 is 10.6 Å². The number of nitrogens with two attached hydrogens (primary N) is 1. The van der Waals surface area contributed by atoms with E-state index >= 15 is 0 Å². The molecule has 8 heteroatoms. The van der Waals surface area contributed by atoms with Gasteiger partial charge in [0.15, 0.2) is 5.82 Å². The Morgan fingerprint density at radius 2 is 1.85 bits per heavy atom. The first-order chi connectivity index (χ1) is 19.2. The summed E-state index contributed by atoms with van der Waals surface area (Å²) in [4.78, 5) is 11.3. The van der Waals surface area contributed by atoms with Crippen LogP contribution in [0.15, 0.2) is 94.5 Å². The molecule has 1 atom stereocenters. The van der Waals surface area contributed by atoms with Gasteiger partial charge in [0.1, 0.15) is 5.82 Å². The monoisotopic (exact) mass is 568 g/mol. The second-order valence-corrected chi connectivity index (χ2v) is 9.60. The Morgan fingerprint density at radius 1 is 1.18 bits per heavy atom. The topological polar surface area (TPSA) is 54.0 Å². The second-order valence-electron chi connectivity index (χ2n) is 9.29. The van der Waals surface area contributed by atoms with Gasteiger partial charge in [0, 0.05) is 54.2 Å². The van der Waals surface area contributed by atoms with Crippen LogP contribution < -0.4 is 5.73 Å². The standard InChI is InChI=1S/C31H36F2N4.CH3FS/c1-6-9-15-24(18-23-13-11-10-12-14-23)36-22(5)29(21(4)7-2)28-19-35-27(20-37(28)8-3)30-25(32)16-17-26(34)31(30)33;1-3-2/h8,10-17,19-21H,3,6-7,9,18,34H2,1-2,4-5H3;1H3/b24-15-,29-28+,36-22-;. The number of benzene rings is 2. The van der Waals surface area contributed by atoms with Crippen molar-refractivity contribution in [3.63, 3.8) is 0 Å². The lowest BCUT2D eigenvalue weighted by atomic mass is 9.92. The van der Waals surface area contributed by atoms with Gasteiger partial charge in [-0.1, -0.05) is 70.2 Å². The van der Waals surface area contributed by atoms with Crippen LogP contribution in [0.3, 0.4) is 0 Å². The van der Waals surface area contributed by atoms with Crippen molar-refractivity contribution in [3.8, 4) is 0 Å². The lowest BCUT2D eigenvalue weighted by Crippen LogP contribution is -2.22. The second kappa shape index (κ2) is 16.6. The highest BCUT2D eigenvalue weighted by molar-refractivity contribution is 7.93. The van der Waals surface area contributed by atoms with E-state index in [0.717, 1.165) is 54.4 Å². The van der Waals surface area contributed by atoms with E-state index in [1.54, 1.807) is 23.5 Å². The molecule has 2 aromatic rings. The fourth-order valence-corrected chi connectivity index (χ4v) is 4.27. The molecule has 0 spiro atoms. The first-order valence-electron chi connectivity index (χ1n) is 13.3. The molecule has 0 aromatic heterocycles. The highest BCUT2D eigenvalue weighted by Crippen LogP contribution is 2.32. The van der Waals surface area contributed by atoms with Crippen molar-refractivity contribution < 1.29 is 12.7 Å². The summed E-state index contributed by atoms with van der Waals surface area (Å²) >= 11 is 0.250. The lowest BCUT2D eigenvalue weighted by molar-refractivity contribution is 0.575. The molecule has 1 unspecified atom stereocenters. The Hall–Kier alpha value is -3.52. The quantitative estimate of drug-likeness (QED) is 0.230. The van der Waals surface area contributed by atoms with Gasteiger partial charge in [-0.25, -0.2) is 8.78 Å². The number of nitrogens with zero attached hydrogens (tertiary/aromatic N) is 3. The number of anilines is 1. The van der Waals surface area contributed by atoms with Crippen LogP contribution >= 0.6 is 12.1 Å². The molecule has 0 fully saturated rings. The minimum atomic E-state index is -0.827. The molecule has 40 heavy (non-hydrogen) atoms. The van der Waals surface area contributed by atoms with Gasteiger partial charge >= 0.3 is 0 Å². The Bertz CT molecular complexity index is 1300. The Balaban J connectivity index is 0.00000178. The summed E-state index contributed by atoms with van der Waals surface area (Å²) in [7, 11) is 0. The molecule has 3 rings (SSSR count). The molecule has 0 aliphatic carbocycles. The summed E-state index contributed by atoms with van der Waals surface area (Å²) in [5.74, 6) is -1.39. The Labute approximate surface area is 241 Å². The number of halogens is 3. The summed E-state index contributed by atoms with van der Waals surface area (Å²) < 4.78 is 39.5. The smallest absolute Gasteiger partial charge is 0.158 e. The molecule has 0 radical (unpaired) electrons. The van der Waals surface area contributed by atoms with Crippen molar-refractivity contribution in [1.82, 2.24) is 4.90 Å². The van der Waals surface area contributed by atoms with Gasteiger partial charge in [0.2, 0.25) is 0 Å². The maximum Gasteiger partial charge on any atom is 0.158 e. The molecule has 0 bridgehead atoms. The first-order valence-corrected chi connectivity index (χ1v) is 14.4. The molecule has 0 amide bonds. The lowest BCUT2D eigenvalue weighted by Gasteiger charge is -2.27. The summed E-state index contributed by atoms with van der Waals surface area (Å²) in [6.07, 6.45) is 12.0. The normalized spacial score (nSPS) is 15.7. The predicted molar refractivity (Wildman–Crippen MR) is 167 cm³/mol. The number of allylic oxidation sites excluding steroid dienone is 4. The van der Waals surface area contributed by atoms with Crippen LogP contribution in [-0.2, 0) is 6.42 Å².